The van der Waals surface area contributed by atoms with Crippen LogP contribution in [0.5, 0.6) is 0 Å². The van der Waals surface area contributed by atoms with Crippen LogP contribution in [0, 0.1) is 17.8 Å². The molecule has 0 amide bonds. The van der Waals surface area contributed by atoms with Crippen molar-refractivity contribution in [1.29, 1.82) is 0 Å². The molecule has 102 heavy (non-hydrogen) atoms. The van der Waals surface area contributed by atoms with Gasteiger partial charge in [0.2, 0.25) is 0 Å². The lowest BCUT2D eigenvalue weighted by Gasteiger charge is -2.21. The lowest BCUT2D eigenvalue weighted by atomic mass is 9.99. The fourth-order valence-electron chi connectivity index (χ4n) is 12.8. The van der Waals surface area contributed by atoms with E-state index in [0.717, 1.165) is 114 Å². The molecule has 0 spiro atoms. The van der Waals surface area contributed by atoms with Gasteiger partial charge >= 0.3 is 39.5 Å². The average molecular weight is 1490 g/mol. The summed E-state index contributed by atoms with van der Waals surface area (Å²) in [6.45, 7) is 12.0. The summed E-state index contributed by atoms with van der Waals surface area (Å²) in [6, 6.07) is 0. The lowest BCUT2D eigenvalue weighted by Crippen LogP contribution is -2.30. The first-order chi connectivity index (χ1) is 49.3. The molecule has 606 valence electrons. The maximum absolute atomic E-state index is 13.1. The van der Waals surface area contributed by atoms with Crippen molar-refractivity contribution in [3.8, 4) is 0 Å². The Morgan fingerprint density at radius 1 is 0.284 bits per heavy atom. The number of phosphoric ester groups is 2. The van der Waals surface area contributed by atoms with Crippen molar-refractivity contribution in [2.45, 2.75) is 452 Å². The summed E-state index contributed by atoms with van der Waals surface area (Å²) in [4.78, 5) is 72.8. The average Bonchev–Trinajstić information content (AvgIpc) is 0.936. The Morgan fingerprint density at radius 2 is 0.500 bits per heavy atom. The van der Waals surface area contributed by atoms with E-state index in [4.69, 9.17) is 37.0 Å². The zero-order chi connectivity index (χ0) is 75.1. The molecule has 0 aliphatic heterocycles. The van der Waals surface area contributed by atoms with E-state index in [1.165, 1.54) is 238 Å². The summed E-state index contributed by atoms with van der Waals surface area (Å²) in [5.41, 5.74) is 0. The van der Waals surface area contributed by atoms with Crippen LogP contribution < -0.4 is 0 Å². The quantitative estimate of drug-likeness (QED) is 0.0222. The molecule has 0 bridgehead atoms. The fourth-order valence-corrected chi connectivity index (χ4v) is 14.4. The minimum atomic E-state index is -4.96. The largest absolute Gasteiger partial charge is 0.472 e. The first-order valence-electron chi connectivity index (χ1n) is 42.9. The van der Waals surface area contributed by atoms with Gasteiger partial charge in [-0.2, -0.15) is 0 Å². The Labute approximate surface area is 626 Å². The van der Waals surface area contributed by atoms with Gasteiger partial charge in [0.05, 0.1) is 26.4 Å². The number of hydrogen-bond acceptors (Lipinski definition) is 15. The number of hydrogen-bond donors (Lipinski definition) is 3. The summed E-state index contributed by atoms with van der Waals surface area (Å²) in [5.74, 6) is 0.397. The first kappa shape index (κ1) is 100. The van der Waals surface area contributed by atoms with Crippen LogP contribution in [0.3, 0.4) is 0 Å². The van der Waals surface area contributed by atoms with Gasteiger partial charge in [-0.25, -0.2) is 9.13 Å². The molecule has 0 aromatic rings. The summed E-state index contributed by atoms with van der Waals surface area (Å²) in [5, 5.41) is 10.6. The molecule has 0 radical (unpaired) electrons. The van der Waals surface area contributed by atoms with E-state index in [1.807, 2.05) is 0 Å². The third-order valence-electron chi connectivity index (χ3n) is 20.1. The monoisotopic (exact) mass is 1490 g/mol. The molecule has 0 rings (SSSR count). The second-order valence-corrected chi connectivity index (χ2v) is 33.7. The zero-order valence-corrected chi connectivity index (χ0v) is 68.9. The number of rotatable bonds is 81. The highest BCUT2D eigenvalue weighted by molar-refractivity contribution is 7.47. The maximum Gasteiger partial charge on any atom is 0.472 e. The second kappa shape index (κ2) is 73.2. The Bertz CT molecular complexity index is 1980. The van der Waals surface area contributed by atoms with Gasteiger partial charge in [0.1, 0.15) is 19.3 Å². The van der Waals surface area contributed by atoms with E-state index in [1.54, 1.807) is 0 Å². The van der Waals surface area contributed by atoms with Crippen molar-refractivity contribution in [2.75, 3.05) is 39.6 Å². The van der Waals surface area contributed by atoms with Crippen LogP contribution in [0.2, 0.25) is 0 Å². The smallest absolute Gasteiger partial charge is 0.462 e. The number of carbonyl (C=O) groups excluding carboxylic acids is 4. The van der Waals surface area contributed by atoms with Crippen molar-refractivity contribution in [3.05, 3.63) is 0 Å². The van der Waals surface area contributed by atoms with Gasteiger partial charge in [-0.05, 0) is 43.4 Å². The number of aliphatic hydroxyl groups excluding tert-OH is 1. The maximum atomic E-state index is 13.1. The van der Waals surface area contributed by atoms with Crippen LogP contribution in [0.15, 0.2) is 0 Å². The molecule has 0 aliphatic rings. The molecule has 0 aliphatic carbocycles. The molecule has 0 aromatic heterocycles. The molecule has 0 saturated carbocycles. The van der Waals surface area contributed by atoms with E-state index >= 15 is 0 Å². The molecule has 7 atom stereocenters. The van der Waals surface area contributed by atoms with Crippen molar-refractivity contribution < 1.29 is 80.2 Å². The fraction of sp³-hybridized carbons (Fsp3) is 0.952. The predicted molar refractivity (Wildman–Crippen MR) is 418 cm³/mol. The lowest BCUT2D eigenvalue weighted by molar-refractivity contribution is -0.161. The topological polar surface area (TPSA) is 237 Å². The van der Waals surface area contributed by atoms with E-state index in [9.17, 15) is 43.2 Å². The van der Waals surface area contributed by atoms with Gasteiger partial charge in [0.25, 0.3) is 0 Å². The normalized spacial score (nSPS) is 14.5. The summed E-state index contributed by atoms with van der Waals surface area (Å²) >= 11 is 0. The number of aliphatic hydroxyl groups is 1. The molecular weight excluding hydrogens is 1330 g/mol. The minimum Gasteiger partial charge on any atom is -0.462 e. The van der Waals surface area contributed by atoms with Gasteiger partial charge in [-0.1, -0.05) is 382 Å². The van der Waals surface area contributed by atoms with Crippen LogP contribution in [0.1, 0.15) is 434 Å². The molecular formula is C83H162O17P2. The standard InChI is InChI=1S/C83H162O17P2/c1-8-11-12-47-57-64-80(85)93-70-78(99-82(87)66-59-53-46-40-34-28-22-20-25-31-37-43-50-56-63-76(7)10-3)72-97-101(89,90)95-68-77(84)69-96-102(91,92)98-73-79(71-94-81(86)65-58-51-44-38-32-26-21-19-24-30-36-42-49-55-62-75(6)9-2)100-83(88)67-60-52-45-39-33-27-18-16-14-13-15-17-23-29-35-41-48-54-61-74(4)5/h74-79,84H,8-73H2,1-7H3,(H,89,90)(H,91,92)/t75?,76?,77-,78+,79+/m0/s1. The van der Waals surface area contributed by atoms with E-state index < -0.39 is 97.5 Å². The van der Waals surface area contributed by atoms with Gasteiger partial charge < -0.3 is 33.8 Å². The Balaban J connectivity index is 5.12. The molecule has 19 heteroatoms. The SMILES string of the molecule is CCCCCCCC(=O)OC[C@H](COP(=O)(O)OC[C@H](O)COP(=O)(O)OC[C@@H](COC(=O)CCCCCCCCCCCCCCCCC(C)CC)OC(=O)CCCCCCCCCCCCCCCCCCCCC(C)C)OC(=O)CCCCCCCCCCCCCCCCC(C)CC. The molecule has 0 heterocycles. The summed E-state index contributed by atoms with van der Waals surface area (Å²) < 4.78 is 68.6. The van der Waals surface area contributed by atoms with E-state index in [2.05, 4.69) is 48.5 Å². The van der Waals surface area contributed by atoms with E-state index in [-0.39, 0.29) is 25.7 Å². The predicted octanol–water partition coefficient (Wildman–Crippen LogP) is 24.9. The third-order valence-corrected chi connectivity index (χ3v) is 22.0. The van der Waals surface area contributed by atoms with Crippen LogP contribution in [-0.4, -0.2) is 96.7 Å². The second-order valence-electron chi connectivity index (χ2n) is 30.8. The molecule has 3 N–H and O–H groups in total. The molecule has 0 fully saturated rings. The van der Waals surface area contributed by atoms with Crippen LogP contribution in [0.25, 0.3) is 0 Å². The van der Waals surface area contributed by atoms with Gasteiger partial charge in [0, 0.05) is 25.7 Å². The van der Waals surface area contributed by atoms with Gasteiger partial charge in [-0.15, -0.1) is 0 Å². The first-order valence-corrected chi connectivity index (χ1v) is 45.9. The Morgan fingerprint density at radius 3 is 0.745 bits per heavy atom. The minimum absolute atomic E-state index is 0.107. The zero-order valence-electron chi connectivity index (χ0n) is 67.1. The third kappa shape index (κ3) is 73.6. The molecule has 4 unspecified atom stereocenters. The highest BCUT2D eigenvalue weighted by Crippen LogP contribution is 2.45. The van der Waals surface area contributed by atoms with Crippen molar-refractivity contribution in [3.63, 3.8) is 0 Å². The summed E-state index contributed by atoms with van der Waals surface area (Å²) in [7, 11) is -9.91. The van der Waals surface area contributed by atoms with Crippen LogP contribution in [0.4, 0.5) is 0 Å². The molecule has 0 saturated heterocycles. The van der Waals surface area contributed by atoms with Gasteiger partial charge in [-0.3, -0.25) is 37.3 Å². The molecule has 17 nitrogen and oxygen atoms in total. The highest BCUT2D eigenvalue weighted by atomic mass is 31.2. The number of carbonyl (C=O) groups is 4. The van der Waals surface area contributed by atoms with E-state index in [0.29, 0.717) is 25.7 Å². The number of ether oxygens (including phenoxy) is 4. The molecule has 0 aromatic carbocycles. The Hall–Kier alpha value is -1.94. The van der Waals surface area contributed by atoms with Crippen LogP contribution >= 0.6 is 15.6 Å². The number of esters is 4. The van der Waals surface area contributed by atoms with Crippen molar-refractivity contribution in [2.24, 2.45) is 17.8 Å². The van der Waals surface area contributed by atoms with Crippen LogP contribution in [-0.2, 0) is 65.4 Å². The van der Waals surface area contributed by atoms with Crippen molar-refractivity contribution in [1.82, 2.24) is 0 Å². The summed E-state index contributed by atoms with van der Waals surface area (Å²) in [6.07, 6.45) is 62.8. The number of unbranched alkanes of at least 4 members (excludes halogenated alkanes) is 47. The number of phosphoric acid groups is 2. The van der Waals surface area contributed by atoms with Crippen molar-refractivity contribution >= 4 is 39.5 Å². The van der Waals surface area contributed by atoms with Gasteiger partial charge in [0.15, 0.2) is 12.2 Å². The Kier molecular flexibility index (Phi) is 71.8. The highest BCUT2D eigenvalue weighted by Gasteiger charge is 2.30.